The van der Waals surface area contributed by atoms with Crippen molar-refractivity contribution < 1.29 is 13.6 Å². The second kappa shape index (κ2) is 7.88. The Balaban J connectivity index is 1.73. The van der Waals surface area contributed by atoms with Crippen molar-refractivity contribution in [2.24, 2.45) is 0 Å². The Morgan fingerprint density at radius 3 is 2.31 bits per heavy atom. The average Bonchev–Trinajstić information content (AvgIpc) is 2.61. The lowest BCUT2D eigenvalue weighted by Gasteiger charge is -2.12. The molecular formula is C19H15F2N3OS. The molecule has 3 rings (SSSR count). The molecule has 0 aliphatic carbocycles. The van der Waals surface area contributed by atoms with Gasteiger partial charge in [-0.05, 0) is 48.5 Å². The quantitative estimate of drug-likeness (QED) is 0.542. The van der Waals surface area contributed by atoms with E-state index in [1.807, 2.05) is 24.3 Å². The molecule has 0 bridgehead atoms. The molecule has 4 N–H and O–H groups in total. The lowest BCUT2D eigenvalue weighted by atomic mass is 10.3. The first-order valence-electron chi connectivity index (χ1n) is 7.67. The van der Waals surface area contributed by atoms with Crippen LogP contribution < -0.4 is 16.4 Å². The summed E-state index contributed by atoms with van der Waals surface area (Å²) in [7, 11) is 0. The second-order valence-corrected chi connectivity index (χ2v) is 6.49. The molecule has 0 fully saturated rings. The maximum atomic E-state index is 13.7. The van der Waals surface area contributed by atoms with Crippen molar-refractivity contribution in [1.29, 1.82) is 0 Å². The van der Waals surface area contributed by atoms with E-state index in [-0.39, 0.29) is 5.69 Å². The third-order valence-electron chi connectivity index (χ3n) is 3.42. The zero-order valence-electron chi connectivity index (χ0n) is 13.5. The Morgan fingerprint density at radius 2 is 1.58 bits per heavy atom. The number of hydrogen-bond donors (Lipinski definition) is 3. The topological polar surface area (TPSA) is 67.1 Å². The van der Waals surface area contributed by atoms with Crippen LogP contribution in [0.25, 0.3) is 0 Å². The van der Waals surface area contributed by atoms with Crippen LogP contribution >= 0.6 is 11.8 Å². The number of nitrogens with one attached hydrogen (secondary N) is 2. The third-order valence-corrected chi connectivity index (χ3v) is 4.51. The van der Waals surface area contributed by atoms with E-state index in [2.05, 4.69) is 10.6 Å². The van der Waals surface area contributed by atoms with Gasteiger partial charge in [0.1, 0.15) is 11.6 Å². The maximum absolute atomic E-state index is 13.7. The van der Waals surface area contributed by atoms with Crippen LogP contribution in [0.15, 0.2) is 76.5 Å². The highest BCUT2D eigenvalue weighted by atomic mass is 32.2. The lowest BCUT2D eigenvalue weighted by Crippen LogP contribution is -2.20. The van der Waals surface area contributed by atoms with Gasteiger partial charge in [-0.1, -0.05) is 23.9 Å². The first kappa shape index (κ1) is 17.8. The fourth-order valence-electron chi connectivity index (χ4n) is 2.19. The van der Waals surface area contributed by atoms with Crippen LogP contribution in [-0.2, 0) is 0 Å². The molecule has 0 aromatic heterocycles. The van der Waals surface area contributed by atoms with Crippen molar-refractivity contribution in [2.45, 2.75) is 9.79 Å². The number of nitrogen functional groups attached to an aromatic ring is 1. The van der Waals surface area contributed by atoms with E-state index >= 15 is 0 Å². The second-order valence-electron chi connectivity index (χ2n) is 5.37. The highest BCUT2D eigenvalue weighted by Crippen LogP contribution is 2.33. The van der Waals surface area contributed by atoms with E-state index in [1.165, 1.54) is 17.8 Å². The summed E-state index contributed by atoms with van der Waals surface area (Å²) in [5.41, 5.74) is 6.81. The minimum atomic E-state index is -0.843. The molecule has 0 radical (unpaired) electrons. The van der Waals surface area contributed by atoms with Crippen molar-refractivity contribution in [3.63, 3.8) is 0 Å². The minimum absolute atomic E-state index is 0.104. The predicted molar refractivity (Wildman–Crippen MR) is 100 cm³/mol. The number of halogens is 2. The molecule has 0 unspecified atom stereocenters. The fourth-order valence-corrected chi connectivity index (χ4v) is 3.09. The smallest absolute Gasteiger partial charge is 0.323 e. The summed E-state index contributed by atoms with van der Waals surface area (Å²) in [4.78, 5) is 13.9. The van der Waals surface area contributed by atoms with E-state index in [9.17, 15) is 13.6 Å². The summed E-state index contributed by atoms with van der Waals surface area (Å²) in [6, 6.07) is 16.9. The van der Waals surface area contributed by atoms with Gasteiger partial charge in [-0.3, -0.25) is 0 Å². The highest BCUT2D eigenvalue weighted by molar-refractivity contribution is 7.99. The molecular weight excluding hydrogens is 356 g/mol. The number of amides is 2. The Morgan fingerprint density at radius 1 is 0.885 bits per heavy atom. The number of urea groups is 1. The molecule has 4 nitrogen and oxygen atoms in total. The summed E-state index contributed by atoms with van der Waals surface area (Å²) < 4.78 is 26.6. The van der Waals surface area contributed by atoms with Gasteiger partial charge in [0.2, 0.25) is 0 Å². The Kier molecular flexibility index (Phi) is 5.38. The van der Waals surface area contributed by atoms with Gasteiger partial charge in [-0.15, -0.1) is 0 Å². The zero-order chi connectivity index (χ0) is 18.5. The van der Waals surface area contributed by atoms with Gasteiger partial charge < -0.3 is 16.4 Å². The number of nitrogens with two attached hydrogens (primary N) is 1. The lowest BCUT2D eigenvalue weighted by molar-refractivity contribution is 0.262. The van der Waals surface area contributed by atoms with Gasteiger partial charge in [0, 0.05) is 21.5 Å². The van der Waals surface area contributed by atoms with Crippen LogP contribution in [-0.4, -0.2) is 6.03 Å². The number of benzene rings is 3. The standard InChI is InChI=1S/C19H15F2N3OS/c20-12-5-10-16(15(21)11-12)23-19(25)24-17-3-1-2-4-18(17)26-14-8-6-13(22)7-9-14/h1-11H,22H2,(H2,23,24,25). The molecule has 0 aliphatic rings. The fraction of sp³-hybridized carbons (Fsp3) is 0. The van der Waals surface area contributed by atoms with Crippen molar-refractivity contribution in [3.05, 3.63) is 78.4 Å². The van der Waals surface area contributed by atoms with Gasteiger partial charge in [-0.2, -0.15) is 0 Å². The zero-order valence-corrected chi connectivity index (χ0v) is 14.3. The van der Waals surface area contributed by atoms with Crippen molar-refractivity contribution in [2.75, 3.05) is 16.4 Å². The summed E-state index contributed by atoms with van der Waals surface area (Å²) in [6.45, 7) is 0. The first-order chi connectivity index (χ1) is 12.5. The van der Waals surface area contributed by atoms with E-state index in [4.69, 9.17) is 5.73 Å². The maximum Gasteiger partial charge on any atom is 0.323 e. The van der Waals surface area contributed by atoms with E-state index in [0.29, 0.717) is 17.4 Å². The van der Waals surface area contributed by atoms with Crippen LogP contribution in [0.5, 0.6) is 0 Å². The van der Waals surface area contributed by atoms with Crippen molar-refractivity contribution in [1.82, 2.24) is 0 Å². The molecule has 26 heavy (non-hydrogen) atoms. The predicted octanol–water partition coefficient (Wildman–Crippen LogP) is 5.34. The molecule has 132 valence electrons. The third kappa shape index (κ3) is 4.52. The first-order valence-corrected chi connectivity index (χ1v) is 8.48. The summed E-state index contributed by atoms with van der Waals surface area (Å²) in [6.07, 6.45) is 0. The molecule has 3 aromatic rings. The van der Waals surface area contributed by atoms with Crippen molar-refractivity contribution >= 4 is 34.9 Å². The SMILES string of the molecule is Nc1ccc(Sc2ccccc2NC(=O)Nc2ccc(F)cc2F)cc1. The number of carbonyl (C=O) groups is 1. The summed E-state index contributed by atoms with van der Waals surface area (Å²) >= 11 is 1.45. The van der Waals surface area contributed by atoms with Crippen LogP contribution in [0.2, 0.25) is 0 Å². The van der Waals surface area contributed by atoms with Crippen LogP contribution in [0.1, 0.15) is 0 Å². The average molecular weight is 371 g/mol. The normalized spacial score (nSPS) is 10.4. The number of hydrogen-bond acceptors (Lipinski definition) is 3. The minimum Gasteiger partial charge on any atom is -0.399 e. The molecule has 0 atom stereocenters. The van der Waals surface area contributed by atoms with Crippen molar-refractivity contribution in [3.8, 4) is 0 Å². The summed E-state index contributed by atoms with van der Waals surface area (Å²) in [5.74, 6) is -1.55. The monoisotopic (exact) mass is 371 g/mol. The highest BCUT2D eigenvalue weighted by Gasteiger charge is 2.11. The Labute approximate surface area is 153 Å². The molecule has 7 heteroatoms. The van der Waals surface area contributed by atoms with Gasteiger partial charge >= 0.3 is 6.03 Å². The van der Waals surface area contributed by atoms with Gasteiger partial charge in [0.05, 0.1) is 11.4 Å². The largest absolute Gasteiger partial charge is 0.399 e. The molecule has 0 saturated heterocycles. The molecule has 0 saturated carbocycles. The van der Waals surface area contributed by atoms with Gasteiger partial charge in [0.25, 0.3) is 0 Å². The van der Waals surface area contributed by atoms with Gasteiger partial charge in [-0.25, -0.2) is 13.6 Å². The van der Waals surface area contributed by atoms with Gasteiger partial charge in [0.15, 0.2) is 0 Å². The van der Waals surface area contributed by atoms with E-state index < -0.39 is 17.7 Å². The number of carbonyl (C=O) groups excluding carboxylic acids is 1. The Hall–Kier alpha value is -3.06. The van der Waals surface area contributed by atoms with Crippen LogP contribution in [0.4, 0.5) is 30.6 Å². The number of rotatable bonds is 4. The van der Waals surface area contributed by atoms with E-state index in [1.54, 1.807) is 24.3 Å². The number of anilines is 3. The van der Waals surface area contributed by atoms with Crippen LogP contribution in [0.3, 0.4) is 0 Å². The molecule has 3 aromatic carbocycles. The molecule has 0 heterocycles. The Bertz CT molecular complexity index is 932. The summed E-state index contributed by atoms with van der Waals surface area (Å²) in [5, 5.41) is 5.04. The molecule has 0 aliphatic heterocycles. The van der Waals surface area contributed by atoms with E-state index in [0.717, 1.165) is 15.9 Å². The van der Waals surface area contributed by atoms with Crippen LogP contribution in [0, 0.1) is 11.6 Å². The molecule has 2 amide bonds. The number of para-hydroxylation sites is 1. The molecule has 0 spiro atoms.